The molecule has 1 heterocycles. The van der Waals surface area contributed by atoms with Gasteiger partial charge < -0.3 is 10.4 Å². The molecule has 0 aromatic rings. The monoisotopic (exact) mass is 155 g/mol. The predicted molar refractivity (Wildman–Crippen MR) is 44.4 cm³/mol. The van der Waals surface area contributed by atoms with Crippen LogP contribution in [-0.4, -0.2) is 23.8 Å². The Balaban J connectivity index is 1.99. The predicted octanol–water partition coefficient (Wildman–Crippen LogP) is 0.899. The Kier molecular flexibility index (Phi) is 2.14. The molecule has 0 amide bonds. The Morgan fingerprint density at radius 1 is 1.09 bits per heavy atom. The first-order valence-electron chi connectivity index (χ1n) is 4.79. The molecule has 2 rings (SSSR count). The summed E-state index contributed by atoms with van der Waals surface area (Å²) in [5.74, 6) is 0.567. The van der Waals surface area contributed by atoms with Crippen LogP contribution in [0.3, 0.4) is 0 Å². The lowest BCUT2D eigenvalue weighted by Gasteiger charge is -2.39. The minimum atomic E-state index is -0.0125. The fraction of sp³-hybridized carbons (Fsp3) is 1.00. The van der Waals surface area contributed by atoms with Gasteiger partial charge in [-0.25, -0.2) is 0 Å². The van der Waals surface area contributed by atoms with E-state index in [1.807, 2.05) is 0 Å². The van der Waals surface area contributed by atoms with Gasteiger partial charge >= 0.3 is 0 Å². The van der Waals surface area contributed by atoms with Crippen molar-refractivity contribution in [3.63, 3.8) is 0 Å². The number of fused-ring (bicyclic) bond motifs is 1. The molecule has 2 N–H and O–H groups in total. The molecule has 1 saturated carbocycles. The van der Waals surface area contributed by atoms with Crippen molar-refractivity contribution in [3.05, 3.63) is 0 Å². The highest BCUT2D eigenvalue weighted by atomic mass is 16.3. The van der Waals surface area contributed by atoms with Gasteiger partial charge in [-0.15, -0.1) is 0 Å². The first-order chi connectivity index (χ1) is 5.38. The number of hydrogen-bond donors (Lipinski definition) is 2. The summed E-state index contributed by atoms with van der Waals surface area (Å²) in [7, 11) is 0. The normalized spacial score (nSPS) is 45.0. The number of aliphatic hydroxyl groups excluding tert-OH is 1. The standard InChI is InChI=1S/C9H17NO/c11-9-5-1-4-8-7(9)3-2-6-10-8/h7-11H,1-6H2/t7-,8-,9+/m1/s1. The second-order valence-electron chi connectivity index (χ2n) is 3.86. The molecule has 0 unspecified atom stereocenters. The van der Waals surface area contributed by atoms with E-state index >= 15 is 0 Å². The van der Waals surface area contributed by atoms with Gasteiger partial charge in [-0.2, -0.15) is 0 Å². The zero-order valence-electron chi connectivity index (χ0n) is 6.92. The van der Waals surface area contributed by atoms with Crippen LogP contribution in [0.2, 0.25) is 0 Å². The molecular formula is C9H17NO. The second kappa shape index (κ2) is 3.11. The van der Waals surface area contributed by atoms with Crippen molar-refractivity contribution in [3.8, 4) is 0 Å². The lowest BCUT2D eigenvalue weighted by atomic mass is 9.77. The van der Waals surface area contributed by atoms with Gasteiger partial charge in [0.2, 0.25) is 0 Å². The van der Waals surface area contributed by atoms with Gasteiger partial charge in [0, 0.05) is 12.0 Å². The third-order valence-corrected chi connectivity index (χ3v) is 3.15. The second-order valence-corrected chi connectivity index (χ2v) is 3.86. The highest BCUT2D eigenvalue weighted by molar-refractivity contribution is 4.89. The highest BCUT2D eigenvalue weighted by Crippen LogP contribution is 2.30. The molecule has 2 heteroatoms. The van der Waals surface area contributed by atoms with Crippen LogP contribution in [-0.2, 0) is 0 Å². The average molecular weight is 155 g/mol. The minimum Gasteiger partial charge on any atom is -0.393 e. The van der Waals surface area contributed by atoms with Crippen LogP contribution in [0.1, 0.15) is 32.1 Å². The first kappa shape index (κ1) is 7.56. The maximum Gasteiger partial charge on any atom is 0.0583 e. The van der Waals surface area contributed by atoms with Gasteiger partial charge in [0.15, 0.2) is 0 Å². The van der Waals surface area contributed by atoms with Gasteiger partial charge in [-0.3, -0.25) is 0 Å². The molecule has 2 fully saturated rings. The van der Waals surface area contributed by atoms with Crippen molar-refractivity contribution >= 4 is 0 Å². The summed E-state index contributed by atoms with van der Waals surface area (Å²) in [4.78, 5) is 0. The lowest BCUT2D eigenvalue weighted by Crippen LogP contribution is -2.48. The van der Waals surface area contributed by atoms with Gasteiger partial charge in [0.1, 0.15) is 0 Å². The third-order valence-electron chi connectivity index (χ3n) is 3.15. The first-order valence-corrected chi connectivity index (χ1v) is 4.79. The molecule has 64 valence electrons. The lowest BCUT2D eigenvalue weighted by molar-refractivity contribution is 0.0307. The van der Waals surface area contributed by atoms with Crippen LogP contribution in [0, 0.1) is 5.92 Å². The van der Waals surface area contributed by atoms with Crippen LogP contribution in [0.25, 0.3) is 0 Å². The van der Waals surface area contributed by atoms with E-state index in [1.165, 1.54) is 25.7 Å². The Hall–Kier alpha value is -0.0800. The largest absolute Gasteiger partial charge is 0.393 e. The highest BCUT2D eigenvalue weighted by Gasteiger charge is 2.33. The van der Waals surface area contributed by atoms with E-state index < -0.39 is 0 Å². The summed E-state index contributed by atoms with van der Waals surface area (Å²) in [6.07, 6.45) is 5.98. The zero-order valence-corrected chi connectivity index (χ0v) is 6.92. The molecule has 0 aromatic carbocycles. The number of aliphatic hydroxyl groups is 1. The summed E-state index contributed by atoms with van der Waals surface area (Å²) >= 11 is 0. The Morgan fingerprint density at radius 3 is 2.82 bits per heavy atom. The van der Waals surface area contributed by atoms with Gasteiger partial charge in [-0.1, -0.05) is 0 Å². The molecule has 0 bridgehead atoms. The summed E-state index contributed by atoms with van der Waals surface area (Å²) in [6, 6.07) is 0.632. The number of rotatable bonds is 0. The van der Waals surface area contributed by atoms with Crippen molar-refractivity contribution in [2.45, 2.75) is 44.2 Å². The van der Waals surface area contributed by atoms with Crippen molar-refractivity contribution in [1.82, 2.24) is 5.32 Å². The van der Waals surface area contributed by atoms with Gasteiger partial charge in [-0.05, 0) is 38.6 Å². The van der Waals surface area contributed by atoms with E-state index in [0.29, 0.717) is 12.0 Å². The van der Waals surface area contributed by atoms with Crippen LogP contribution < -0.4 is 5.32 Å². The fourth-order valence-corrected chi connectivity index (χ4v) is 2.52. The Labute approximate surface area is 68.0 Å². The van der Waals surface area contributed by atoms with E-state index in [0.717, 1.165) is 13.0 Å². The van der Waals surface area contributed by atoms with Crippen LogP contribution in [0.4, 0.5) is 0 Å². The molecule has 11 heavy (non-hydrogen) atoms. The minimum absolute atomic E-state index is 0.0125. The van der Waals surface area contributed by atoms with E-state index in [4.69, 9.17) is 0 Å². The molecule has 1 aliphatic heterocycles. The van der Waals surface area contributed by atoms with E-state index in [9.17, 15) is 5.11 Å². The molecule has 0 radical (unpaired) electrons. The van der Waals surface area contributed by atoms with Crippen LogP contribution >= 0.6 is 0 Å². The number of piperidine rings is 1. The maximum absolute atomic E-state index is 9.66. The maximum atomic E-state index is 9.66. The molecule has 2 aliphatic rings. The Bertz CT molecular complexity index is 136. The number of nitrogens with one attached hydrogen (secondary N) is 1. The SMILES string of the molecule is O[C@H]1CCC[C@H]2NCCC[C@@H]12. The topological polar surface area (TPSA) is 32.3 Å². The number of hydrogen-bond acceptors (Lipinski definition) is 2. The fourth-order valence-electron chi connectivity index (χ4n) is 2.52. The molecule has 1 aliphatic carbocycles. The molecule has 0 aromatic heterocycles. The van der Waals surface area contributed by atoms with E-state index in [-0.39, 0.29) is 6.10 Å². The van der Waals surface area contributed by atoms with Crippen LogP contribution in [0.5, 0.6) is 0 Å². The summed E-state index contributed by atoms with van der Waals surface area (Å²) in [6.45, 7) is 1.16. The van der Waals surface area contributed by atoms with Crippen molar-refractivity contribution in [1.29, 1.82) is 0 Å². The Morgan fingerprint density at radius 2 is 2.00 bits per heavy atom. The third kappa shape index (κ3) is 1.42. The quantitative estimate of drug-likeness (QED) is 0.544. The van der Waals surface area contributed by atoms with Crippen molar-refractivity contribution in [2.24, 2.45) is 5.92 Å². The van der Waals surface area contributed by atoms with Crippen molar-refractivity contribution in [2.75, 3.05) is 6.54 Å². The van der Waals surface area contributed by atoms with Crippen LogP contribution in [0.15, 0.2) is 0 Å². The summed E-state index contributed by atoms with van der Waals surface area (Å²) < 4.78 is 0. The molecule has 0 spiro atoms. The molecular weight excluding hydrogens is 138 g/mol. The van der Waals surface area contributed by atoms with Crippen molar-refractivity contribution < 1.29 is 5.11 Å². The van der Waals surface area contributed by atoms with Gasteiger partial charge in [0.25, 0.3) is 0 Å². The smallest absolute Gasteiger partial charge is 0.0583 e. The van der Waals surface area contributed by atoms with E-state index in [1.54, 1.807) is 0 Å². The zero-order chi connectivity index (χ0) is 7.68. The summed E-state index contributed by atoms with van der Waals surface area (Å²) in [5, 5.41) is 13.2. The van der Waals surface area contributed by atoms with E-state index in [2.05, 4.69) is 5.32 Å². The summed E-state index contributed by atoms with van der Waals surface area (Å²) in [5.41, 5.74) is 0. The molecule has 3 atom stereocenters. The van der Waals surface area contributed by atoms with Gasteiger partial charge in [0.05, 0.1) is 6.10 Å². The average Bonchev–Trinajstić information content (AvgIpc) is 2.06. The molecule has 2 nitrogen and oxygen atoms in total. The molecule has 1 saturated heterocycles.